The molecule has 1 amide bonds. The van der Waals surface area contributed by atoms with Gasteiger partial charge in [0.25, 0.3) is 5.91 Å². The summed E-state index contributed by atoms with van der Waals surface area (Å²) in [4.78, 5) is 13.9. The van der Waals surface area contributed by atoms with Crippen LogP contribution in [0.15, 0.2) is 24.3 Å². The normalized spacial score (nSPS) is 15.5. The minimum atomic E-state index is 0.0353. The van der Waals surface area contributed by atoms with Crippen molar-refractivity contribution in [2.24, 2.45) is 0 Å². The second-order valence-electron chi connectivity index (χ2n) is 4.26. The minimum absolute atomic E-state index is 0.0353. The lowest BCUT2D eigenvalue weighted by Crippen LogP contribution is -2.57. The molecule has 1 aromatic carbocycles. The number of hydrogen-bond donors (Lipinski definition) is 1. The van der Waals surface area contributed by atoms with Crippen LogP contribution in [0, 0.1) is 6.92 Å². The maximum Gasteiger partial charge on any atom is 0.251 e. The zero-order valence-electron chi connectivity index (χ0n) is 11.2. The van der Waals surface area contributed by atoms with Crippen LogP contribution in [0.25, 0.3) is 0 Å². The van der Waals surface area contributed by atoms with E-state index < -0.39 is 0 Å². The van der Waals surface area contributed by atoms with E-state index >= 15 is 0 Å². The standard InChI is InChI=1S/C12H16N2O.C2H6/c1-9-3-5-10(6-4-9)12(15)13-11-7-14(2)8-11;1-2/h3-6,11H,7-8H2,1-2H3,(H,13,15);1-2H3. The van der Waals surface area contributed by atoms with Crippen molar-refractivity contribution in [3.8, 4) is 0 Å². The average Bonchev–Trinajstić information content (AvgIpc) is 2.30. The summed E-state index contributed by atoms with van der Waals surface area (Å²) in [5, 5.41) is 3.00. The molecule has 1 N–H and O–H groups in total. The summed E-state index contributed by atoms with van der Waals surface area (Å²) in [7, 11) is 2.05. The van der Waals surface area contributed by atoms with Crippen LogP contribution in [-0.4, -0.2) is 37.0 Å². The number of aryl methyl sites for hydroxylation is 1. The predicted octanol–water partition coefficient (Wildman–Crippen LogP) is 2.07. The Kier molecular flexibility index (Phi) is 5.16. The van der Waals surface area contributed by atoms with Crippen LogP contribution >= 0.6 is 0 Å². The van der Waals surface area contributed by atoms with E-state index in [0.717, 1.165) is 18.7 Å². The lowest BCUT2D eigenvalue weighted by Gasteiger charge is -2.36. The van der Waals surface area contributed by atoms with E-state index in [2.05, 4.69) is 17.3 Å². The summed E-state index contributed by atoms with van der Waals surface area (Å²) >= 11 is 0. The molecule has 0 bridgehead atoms. The maximum atomic E-state index is 11.7. The number of carbonyl (C=O) groups excluding carboxylic acids is 1. The SMILES string of the molecule is CC.Cc1ccc(C(=O)NC2CN(C)C2)cc1. The van der Waals surface area contributed by atoms with E-state index in [1.54, 1.807) is 0 Å². The average molecular weight is 234 g/mol. The second kappa shape index (κ2) is 6.40. The van der Waals surface area contributed by atoms with Crippen molar-refractivity contribution in [1.82, 2.24) is 10.2 Å². The molecule has 0 unspecified atom stereocenters. The Balaban J connectivity index is 0.000000686. The van der Waals surface area contributed by atoms with Crippen molar-refractivity contribution in [2.75, 3.05) is 20.1 Å². The molecular weight excluding hydrogens is 212 g/mol. The molecule has 17 heavy (non-hydrogen) atoms. The molecule has 0 spiro atoms. The second-order valence-corrected chi connectivity index (χ2v) is 4.26. The molecule has 0 saturated carbocycles. The highest BCUT2D eigenvalue weighted by molar-refractivity contribution is 5.94. The Hall–Kier alpha value is -1.35. The first kappa shape index (κ1) is 13.7. The minimum Gasteiger partial charge on any atom is -0.347 e. The topological polar surface area (TPSA) is 32.3 Å². The zero-order chi connectivity index (χ0) is 12.8. The van der Waals surface area contributed by atoms with Gasteiger partial charge in [0, 0.05) is 18.7 Å². The van der Waals surface area contributed by atoms with Gasteiger partial charge in [-0.1, -0.05) is 31.5 Å². The molecule has 1 aromatic rings. The van der Waals surface area contributed by atoms with Gasteiger partial charge in [-0.25, -0.2) is 0 Å². The third kappa shape index (κ3) is 3.86. The van der Waals surface area contributed by atoms with E-state index in [1.165, 1.54) is 5.56 Å². The van der Waals surface area contributed by atoms with Gasteiger partial charge in [0.15, 0.2) is 0 Å². The molecule has 1 aliphatic rings. The Bertz CT molecular complexity index is 353. The number of rotatable bonds is 2. The molecule has 1 aliphatic heterocycles. The van der Waals surface area contributed by atoms with Crippen molar-refractivity contribution < 1.29 is 4.79 Å². The van der Waals surface area contributed by atoms with Crippen LogP contribution in [0.2, 0.25) is 0 Å². The van der Waals surface area contributed by atoms with Crippen LogP contribution in [0.4, 0.5) is 0 Å². The Labute approximate surface area is 104 Å². The Morgan fingerprint density at radius 2 is 1.76 bits per heavy atom. The molecule has 1 heterocycles. The largest absolute Gasteiger partial charge is 0.347 e. The molecule has 0 aliphatic carbocycles. The van der Waals surface area contributed by atoms with Crippen LogP contribution < -0.4 is 5.32 Å². The monoisotopic (exact) mass is 234 g/mol. The number of nitrogens with one attached hydrogen (secondary N) is 1. The third-order valence-corrected chi connectivity index (χ3v) is 2.71. The zero-order valence-corrected chi connectivity index (χ0v) is 11.2. The maximum absolute atomic E-state index is 11.7. The summed E-state index contributed by atoms with van der Waals surface area (Å²) in [6.45, 7) is 7.93. The highest BCUT2D eigenvalue weighted by Crippen LogP contribution is 2.07. The molecule has 1 saturated heterocycles. The molecule has 0 aromatic heterocycles. The Morgan fingerprint density at radius 1 is 1.24 bits per heavy atom. The van der Waals surface area contributed by atoms with Gasteiger partial charge in [0.1, 0.15) is 0 Å². The molecule has 3 heteroatoms. The number of hydrogen-bond acceptors (Lipinski definition) is 2. The molecule has 2 rings (SSSR count). The van der Waals surface area contributed by atoms with E-state index in [4.69, 9.17) is 0 Å². The predicted molar refractivity (Wildman–Crippen MR) is 71.3 cm³/mol. The van der Waals surface area contributed by atoms with Crippen molar-refractivity contribution >= 4 is 5.91 Å². The lowest BCUT2D eigenvalue weighted by atomic mass is 10.1. The highest BCUT2D eigenvalue weighted by Gasteiger charge is 2.24. The third-order valence-electron chi connectivity index (χ3n) is 2.71. The van der Waals surface area contributed by atoms with Gasteiger partial charge in [-0.3, -0.25) is 4.79 Å². The molecular formula is C14H22N2O. The number of likely N-dealkylation sites (tertiary alicyclic amines) is 1. The highest BCUT2D eigenvalue weighted by atomic mass is 16.1. The van der Waals surface area contributed by atoms with Crippen LogP contribution in [0.3, 0.4) is 0 Å². The van der Waals surface area contributed by atoms with E-state index in [1.807, 2.05) is 45.0 Å². The number of carbonyl (C=O) groups is 1. The fourth-order valence-corrected chi connectivity index (χ4v) is 1.76. The van der Waals surface area contributed by atoms with Crippen molar-refractivity contribution in [3.63, 3.8) is 0 Å². The summed E-state index contributed by atoms with van der Waals surface area (Å²) in [5.74, 6) is 0.0353. The molecule has 0 radical (unpaired) electrons. The molecule has 3 nitrogen and oxygen atoms in total. The molecule has 0 atom stereocenters. The van der Waals surface area contributed by atoms with Gasteiger partial charge in [-0.05, 0) is 26.1 Å². The van der Waals surface area contributed by atoms with Gasteiger partial charge in [0.05, 0.1) is 6.04 Å². The lowest BCUT2D eigenvalue weighted by molar-refractivity contribution is 0.0858. The smallest absolute Gasteiger partial charge is 0.251 e. The van der Waals surface area contributed by atoms with Gasteiger partial charge in [-0.2, -0.15) is 0 Å². The van der Waals surface area contributed by atoms with E-state index in [-0.39, 0.29) is 5.91 Å². The first-order valence-corrected chi connectivity index (χ1v) is 6.21. The van der Waals surface area contributed by atoms with Gasteiger partial charge >= 0.3 is 0 Å². The van der Waals surface area contributed by atoms with Crippen LogP contribution in [-0.2, 0) is 0 Å². The van der Waals surface area contributed by atoms with Gasteiger partial charge in [0.2, 0.25) is 0 Å². The Morgan fingerprint density at radius 3 is 2.24 bits per heavy atom. The summed E-state index contributed by atoms with van der Waals surface area (Å²) in [6.07, 6.45) is 0. The number of amides is 1. The first-order chi connectivity index (χ1) is 8.15. The van der Waals surface area contributed by atoms with E-state index in [0.29, 0.717) is 6.04 Å². The number of likely N-dealkylation sites (N-methyl/N-ethyl adjacent to an activating group) is 1. The molecule has 94 valence electrons. The van der Waals surface area contributed by atoms with Gasteiger partial charge < -0.3 is 10.2 Å². The summed E-state index contributed by atoms with van der Waals surface area (Å²) < 4.78 is 0. The summed E-state index contributed by atoms with van der Waals surface area (Å²) in [6, 6.07) is 7.98. The molecule has 1 fully saturated rings. The van der Waals surface area contributed by atoms with Crippen LogP contribution in [0.5, 0.6) is 0 Å². The fraction of sp³-hybridized carbons (Fsp3) is 0.500. The van der Waals surface area contributed by atoms with E-state index in [9.17, 15) is 4.79 Å². The summed E-state index contributed by atoms with van der Waals surface area (Å²) in [5.41, 5.74) is 1.92. The van der Waals surface area contributed by atoms with Gasteiger partial charge in [-0.15, -0.1) is 0 Å². The van der Waals surface area contributed by atoms with Crippen molar-refractivity contribution in [3.05, 3.63) is 35.4 Å². The fourth-order valence-electron chi connectivity index (χ4n) is 1.76. The quantitative estimate of drug-likeness (QED) is 0.849. The van der Waals surface area contributed by atoms with Crippen molar-refractivity contribution in [2.45, 2.75) is 26.8 Å². The van der Waals surface area contributed by atoms with Crippen molar-refractivity contribution in [1.29, 1.82) is 0 Å². The number of nitrogens with zero attached hydrogens (tertiary/aromatic N) is 1. The van der Waals surface area contributed by atoms with Crippen LogP contribution in [0.1, 0.15) is 29.8 Å². The number of benzene rings is 1. The first-order valence-electron chi connectivity index (χ1n) is 6.21.